The van der Waals surface area contributed by atoms with E-state index in [0.29, 0.717) is 18.4 Å². The van der Waals surface area contributed by atoms with Gasteiger partial charge in [-0.15, -0.1) is 13.2 Å². The van der Waals surface area contributed by atoms with E-state index in [9.17, 15) is 18.3 Å². The van der Waals surface area contributed by atoms with Crippen LogP contribution in [0.2, 0.25) is 0 Å². The van der Waals surface area contributed by atoms with Gasteiger partial charge in [-0.3, -0.25) is 4.98 Å². The van der Waals surface area contributed by atoms with E-state index < -0.39 is 12.5 Å². The van der Waals surface area contributed by atoms with Crippen molar-refractivity contribution in [1.82, 2.24) is 4.98 Å². The fourth-order valence-electron chi connectivity index (χ4n) is 1.93. The number of aliphatic hydroxyl groups is 1. The summed E-state index contributed by atoms with van der Waals surface area (Å²) in [6.45, 7) is 0. The van der Waals surface area contributed by atoms with Gasteiger partial charge in [0, 0.05) is 12.4 Å². The molecule has 0 bridgehead atoms. The predicted octanol–water partition coefficient (Wildman–Crippen LogP) is 3.65. The van der Waals surface area contributed by atoms with Crippen molar-refractivity contribution >= 4 is 0 Å². The minimum absolute atomic E-state index is 0.333. The predicted molar refractivity (Wildman–Crippen MR) is 70.6 cm³/mol. The van der Waals surface area contributed by atoms with Gasteiger partial charge in [0.05, 0.1) is 6.10 Å². The quantitative estimate of drug-likeness (QED) is 0.916. The van der Waals surface area contributed by atoms with Crippen LogP contribution in [0.3, 0.4) is 0 Å². The first-order chi connectivity index (χ1) is 9.94. The monoisotopic (exact) mass is 297 g/mol. The van der Waals surface area contributed by atoms with Gasteiger partial charge in [0.2, 0.25) is 0 Å². The number of aryl methyl sites for hydroxylation is 1. The maximum absolute atomic E-state index is 12.2. The standard InChI is InChI=1S/C15H14F3NO2/c16-15(17,18)21-13-5-1-4-12(9-13)14(20)7-6-11-3-2-8-19-10-11/h1-5,8-10,14,20H,6-7H2. The summed E-state index contributed by atoms with van der Waals surface area (Å²) < 4.78 is 40.3. The van der Waals surface area contributed by atoms with E-state index >= 15 is 0 Å². The molecule has 0 aliphatic rings. The SMILES string of the molecule is OC(CCc1cccnc1)c1cccc(OC(F)(F)F)c1. The zero-order chi connectivity index (χ0) is 15.3. The molecule has 0 aliphatic heterocycles. The summed E-state index contributed by atoms with van der Waals surface area (Å²) in [6, 6.07) is 9.05. The second-order valence-corrected chi connectivity index (χ2v) is 4.54. The van der Waals surface area contributed by atoms with E-state index in [0.717, 1.165) is 5.56 Å². The van der Waals surface area contributed by atoms with Gasteiger partial charge in [-0.1, -0.05) is 18.2 Å². The molecule has 0 saturated heterocycles. The molecule has 0 spiro atoms. The third-order valence-corrected chi connectivity index (χ3v) is 2.91. The van der Waals surface area contributed by atoms with Crippen molar-refractivity contribution in [3.05, 3.63) is 59.9 Å². The van der Waals surface area contributed by atoms with Crippen LogP contribution in [-0.2, 0) is 6.42 Å². The summed E-state index contributed by atoms with van der Waals surface area (Å²) in [4.78, 5) is 3.96. The van der Waals surface area contributed by atoms with Crippen LogP contribution < -0.4 is 4.74 Å². The number of alkyl halides is 3. The minimum Gasteiger partial charge on any atom is -0.406 e. The molecule has 1 unspecified atom stereocenters. The molecule has 1 aromatic carbocycles. The molecule has 0 amide bonds. The molecule has 2 aromatic rings. The largest absolute Gasteiger partial charge is 0.573 e. The molecule has 21 heavy (non-hydrogen) atoms. The highest BCUT2D eigenvalue weighted by atomic mass is 19.4. The molecule has 0 saturated carbocycles. The Morgan fingerprint density at radius 3 is 2.67 bits per heavy atom. The lowest BCUT2D eigenvalue weighted by Crippen LogP contribution is -2.17. The highest BCUT2D eigenvalue weighted by Crippen LogP contribution is 2.27. The Morgan fingerprint density at radius 1 is 1.19 bits per heavy atom. The lowest BCUT2D eigenvalue weighted by molar-refractivity contribution is -0.274. The molecule has 1 atom stereocenters. The summed E-state index contributed by atoms with van der Waals surface area (Å²) in [5.41, 5.74) is 1.35. The highest BCUT2D eigenvalue weighted by molar-refractivity contribution is 5.30. The van der Waals surface area contributed by atoms with Gasteiger partial charge in [0.1, 0.15) is 5.75 Å². The van der Waals surface area contributed by atoms with Crippen LogP contribution in [0.5, 0.6) is 5.75 Å². The molecule has 1 aromatic heterocycles. The van der Waals surface area contributed by atoms with E-state index in [4.69, 9.17) is 0 Å². The lowest BCUT2D eigenvalue weighted by Gasteiger charge is -2.13. The van der Waals surface area contributed by atoms with Crippen molar-refractivity contribution in [2.24, 2.45) is 0 Å². The molecule has 0 radical (unpaired) electrons. The number of aliphatic hydroxyl groups excluding tert-OH is 1. The van der Waals surface area contributed by atoms with Crippen LogP contribution in [0.1, 0.15) is 23.7 Å². The van der Waals surface area contributed by atoms with Gasteiger partial charge in [0.15, 0.2) is 0 Å². The second kappa shape index (κ2) is 6.58. The number of halogens is 3. The first-order valence-corrected chi connectivity index (χ1v) is 6.37. The number of rotatable bonds is 5. The molecule has 2 rings (SSSR count). The lowest BCUT2D eigenvalue weighted by atomic mass is 10.0. The van der Waals surface area contributed by atoms with Crippen molar-refractivity contribution < 1.29 is 23.0 Å². The van der Waals surface area contributed by atoms with E-state index in [1.165, 1.54) is 18.2 Å². The number of benzene rings is 1. The van der Waals surface area contributed by atoms with Crippen LogP contribution in [0, 0.1) is 0 Å². The Morgan fingerprint density at radius 2 is 2.00 bits per heavy atom. The average molecular weight is 297 g/mol. The molecule has 0 aliphatic carbocycles. The summed E-state index contributed by atoms with van der Waals surface area (Å²) >= 11 is 0. The van der Waals surface area contributed by atoms with Crippen molar-refractivity contribution in [2.75, 3.05) is 0 Å². The summed E-state index contributed by atoms with van der Waals surface area (Å²) in [6.07, 6.45) is -1.28. The number of hydrogen-bond acceptors (Lipinski definition) is 3. The smallest absolute Gasteiger partial charge is 0.406 e. The molecule has 112 valence electrons. The Bertz CT molecular complexity index is 573. The average Bonchev–Trinajstić information content (AvgIpc) is 2.44. The van der Waals surface area contributed by atoms with Crippen molar-refractivity contribution in [1.29, 1.82) is 0 Å². The Labute approximate surface area is 120 Å². The maximum Gasteiger partial charge on any atom is 0.573 e. The van der Waals surface area contributed by atoms with Crippen LogP contribution >= 0.6 is 0 Å². The molecular formula is C15H14F3NO2. The summed E-state index contributed by atoms with van der Waals surface area (Å²) in [7, 11) is 0. The fourth-order valence-corrected chi connectivity index (χ4v) is 1.93. The topological polar surface area (TPSA) is 42.4 Å². The van der Waals surface area contributed by atoms with Gasteiger partial charge in [0.25, 0.3) is 0 Å². The fraction of sp³-hybridized carbons (Fsp3) is 0.267. The number of ether oxygens (including phenoxy) is 1. The van der Waals surface area contributed by atoms with Crippen LogP contribution in [0.25, 0.3) is 0 Å². The minimum atomic E-state index is -4.74. The van der Waals surface area contributed by atoms with E-state index in [2.05, 4.69) is 9.72 Å². The van der Waals surface area contributed by atoms with E-state index in [1.54, 1.807) is 24.5 Å². The van der Waals surface area contributed by atoms with Crippen LogP contribution in [0.15, 0.2) is 48.8 Å². The summed E-state index contributed by atoms with van der Waals surface area (Å²) in [5, 5.41) is 10.0. The highest BCUT2D eigenvalue weighted by Gasteiger charge is 2.31. The normalized spacial score (nSPS) is 13.0. The zero-order valence-corrected chi connectivity index (χ0v) is 11.0. The number of aromatic nitrogens is 1. The molecular weight excluding hydrogens is 283 g/mol. The van der Waals surface area contributed by atoms with Gasteiger partial charge >= 0.3 is 6.36 Å². The third-order valence-electron chi connectivity index (χ3n) is 2.91. The maximum atomic E-state index is 12.2. The van der Waals surface area contributed by atoms with Crippen LogP contribution in [0.4, 0.5) is 13.2 Å². The summed E-state index contributed by atoms with van der Waals surface area (Å²) in [5.74, 6) is -0.333. The Hall–Kier alpha value is -2.08. The van der Waals surface area contributed by atoms with E-state index in [-0.39, 0.29) is 5.75 Å². The third kappa shape index (κ3) is 5.07. The van der Waals surface area contributed by atoms with E-state index in [1.807, 2.05) is 6.07 Å². The number of nitrogens with zero attached hydrogens (tertiary/aromatic N) is 1. The molecule has 6 heteroatoms. The molecule has 0 fully saturated rings. The zero-order valence-electron chi connectivity index (χ0n) is 11.0. The van der Waals surface area contributed by atoms with Gasteiger partial charge in [-0.2, -0.15) is 0 Å². The second-order valence-electron chi connectivity index (χ2n) is 4.54. The number of hydrogen-bond donors (Lipinski definition) is 1. The molecule has 1 heterocycles. The Kier molecular flexibility index (Phi) is 4.80. The van der Waals surface area contributed by atoms with Crippen LogP contribution in [-0.4, -0.2) is 16.5 Å². The van der Waals surface area contributed by atoms with Gasteiger partial charge in [-0.05, 0) is 42.2 Å². The molecule has 3 nitrogen and oxygen atoms in total. The van der Waals surface area contributed by atoms with Crippen molar-refractivity contribution in [3.8, 4) is 5.75 Å². The van der Waals surface area contributed by atoms with Crippen molar-refractivity contribution in [2.45, 2.75) is 25.3 Å². The van der Waals surface area contributed by atoms with Gasteiger partial charge in [-0.25, -0.2) is 0 Å². The van der Waals surface area contributed by atoms with Crippen molar-refractivity contribution in [3.63, 3.8) is 0 Å². The Balaban J connectivity index is 1.99. The first kappa shape index (κ1) is 15.3. The van der Waals surface area contributed by atoms with Gasteiger partial charge < -0.3 is 9.84 Å². The molecule has 1 N–H and O–H groups in total. The number of pyridine rings is 1. The first-order valence-electron chi connectivity index (χ1n) is 6.37.